The summed E-state index contributed by atoms with van der Waals surface area (Å²) in [5.41, 5.74) is 3.44. The molecule has 24 heavy (non-hydrogen) atoms. The fraction of sp³-hybridized carbons (Fsp3) is 0.600. The molecule has 1 fully saturated rings. The molecule has 1 aromatic carbocycles. The molecule has 1 atom stereocenters. The Morgan fingerprint density at radius 2 is 1.92 bits per heavy atom. The van der Waals surface area contributed by atoms with E-state index in [2.05, 4.69) is 55.8 Å². The first-order chi connectivity index (χ1) is 11.4. The van der Waals surface area contributed by atoms with Gasteiger partial charge in [0, 0.05) is 12.0 Å². The molecule has 1 saturated carbocycles. The third kappa shape index (κ3) is 3.06. The lowest BCUT2D eigenvalue weighted by Crippen LogP contribution is -2.27. The van der Waals surface area contributed by atoms with E-state index in [4.69, 9.17) is 4.98 Å². The van der Waals surface area contributed by atoms with Crippen molar-refractivity contribution in [3.8, 4) is 0 Å². The number of hydrogen-bond acceptors (Lipinski definition) is 2. The van der Waals surface area contributed by atoms with Gasteiger partial charge in [0.05, 0.1) is 11.0 Å². The van der Waals surface area contributed by atoms with Crippen LogP contribution in [0.5, 0.6) is 0 Å². The second-order valence-electron chi connectivity index (χ2n) is 7.81. The van der Waals surface area contributed by atoms with Gasteiger partial charge < -0.3 is 4.57 Å². The maximum absolute atomic E-state index is 12.5. The van der Waals surface area contributed by atoms with Crippen LogP contribution in [-0.2, 0) is 4.79 Å². The maximum Gasteiger partial charge on any atom is 0.229 e. The van der Waals surface area contributed by atoms with Crippen LogP contribution in [0.25, 0.3) is 11.0 Å². The van der Waals surface area contributed by atoms with Crippen molar-refractivity contribution >= 4 is 22.9 Å². The molecule has 1 aliphatic rings. The van der Waals surface area contributed by atoms with Gasteiger partial charge in [0.25, 0.3) is 0 Å². The summed E-state index contributed by atoms with van der Waals surface area (Å²) in [5.74, 6) is 1.56. The highest BCUT2D eigenvalue weighted by Crippen LogP contribution is 2.38. The Balaban J connectivity index is 2.01. The molecule has 4 nitrogen and oxygen atoms in total. The third-order valence-corrected chi connectivity index (χ3v) is 5.47. The number of fused-ring (bicyclic) bond motifs is 1. The lowest BCUT2D eigenvalue weighted by molar-refractivity contribution is -0.120. The highest BCUT2D eigenvalue weighted by Gasteiger charge is 2.27. The number of aromatic nitrogens is 2. The zero-order chi connectivity index (χ0) is 17.4. The normalized spacial score (nSPS) is 16.6. The Labute approximate surface area is 144 Å². The van der Waals surface area contributed by atoms with Crippen LogP contribution in [0.15, 0.2) is 18.2 Å². The van der Waals surface area contributed by atoms with Gasteiger partial charge in [0.1, 0.15) is 0 Å². The van der Waals surface area contributed by atoms with Crippen molar-refractivity contribution in [1.82, 2.24) is 9.55 Å². The van der Waals surface area contributed by atoms with E-state index in [0.717, 1.165) is 11.0 Å². The van der Waals surface area contributed by atoms with Crippen molar-refractivity contribution in [2.45, 2.75) is 65.8 Å². The SMILES string of the molecule is CC(C)c1ccc2nc(NC(=O)[C@@H](C)C(C)C)n(C3CCC3)c2c1. The van der Waals surface area contributed by atoms with Crippen molar-refractivity contribution in [3.05, 3.63) is 23.8 Å². The molecule has 1 aliphatic carbocycles. The highest BCUT2D eigenvalue weighted by atomic mass is 16.2. The summed E-state index contributed by atoms with van der Waals surface area (Å²) in [6.07, 6.45) is 3.59. The Bertz CT molecular complexity index is 741. The summed E-state index contributed by atoms with van der Waals surface area (Å²) in [7, 11) is 0. The van der Waals surface area contributed by atoms with Crippen LogP contribution in [0.1, 0.15) is 71.4 Å². The summed E-state index contributed by atoms with van der Waals surface area (Å²) < 4.78 is 2.26. The summed E-state index contributed by atoms with van der Waals surface area (Å²) in [6, 6.07) is 6.93. The molecule has 1 heterocycles. The number of carbonyl (C=O) groups is 1. The van der Waals surface area contributed by atoms with E-state index in [-0.39, 0.29) is 11.8 Å². The fourth-order valence-electron chi connectivity index (χ4n) is 3.10. The molecule has 1 amide bonds. The molecular formula is C20H29N3O. The van der Waals surface area contributed by atoms with Gasteiger partial charge in [-0.25, -0.2) is 4.98 Å². The van der Waals surface area contributed by atoms with Crippen LogP contribution in [-0.4, -0.2) is 15.5 Å². The molecule has 1 N–H and O–H groups in total. The number of nitrogens with one attached hydrogen (secondary N) is 1. The molecule has 4 heteroatoms. The molecule has 0 unspecified atom stereocenters. The number of benzene rings is 1. The first kappa shape index (κ1) is 17.0. The fourth-order valence-corrected chi connectivity index (χ4v) is 3.10. The van der Waals surface area contributed by atoms with E-state index < -0.39 is 0 Å². The van der Waals surface area contributed by atoms with E-state index in [0.29, 0.717) is 23.8 Å². The van der Waals surface area contributed by atoms with Crippen LogP contribution in [0.3, 0.4) is 0 Å². The van der Waals surface area contributed by atoms with E-state index in [1.165, 1.54) is 24.8 Å². The van der Waals surface area contributed by atoms with Gasteiger partial charge in [-0.1, -0.05) is 40.7 Å². The zero-order valence-corrected chi connectivity index (χ0v) is 15.5. The third-order valence-electron chi connectivity index (χ3n) is 5.47. The molecule has 3 rings (SSSR count). The summed E-state index contributed by atoms with van der Waals surface area (Å²) in [6.45, 7) is 10.5. The second kappa shape index (κ2) is 6.58. The molecule has 0 aliphatic heterocycles. The number of anilines is 1. The number of rotatable bonds is 5. The molecule has 0 saturated heterocycles. The minimum absolute atomic E-state index is 0.0223. The number of carbonyl (C=O) groups excluding carboxylic acids is 1. The highest BCUT2D eigenvalue weighted by molar-refractivity contribution is 5.93. The molecule has 0 spiro atoms. The van der Waals surface area contributed by atoms with Crippen molar-refractivity contribution < 1.29 is 4.79 Å². The first-order valence-corrected chi connectivity index (χ1v) is 9.21. The van der Waals surface area contributed by atoms with Crippen molar-refractivity contribution in [2.75, 3.05) is 5.32 Å². The molecule has 0 radical (unpaired) electrons. The number of imidazole rings is 1. The number of amides is 1. The summed E-state index contributed by atoms with van der Waals surface area (Å²) in [4.78, 5) is 17.3. The molecule has 2 aromatic rings. The molecule has 1 aromatic heterocycles. The molecular weight excluding hydrogens is 298 g/mol. The average molecular weight is 327 g/mol. The molecule has 0 bridgehead atoms. The summed E-state index contributed by atoms with van der Waals surface area (Å²) in [5, 5.41) is 3.09. The lowest BCUT2D eigenvalue weighted by atomic mass is 9.92. The quantitative estimate of drug-likeness (QED) is 0.829. The van der Waals surface area contributed by atoms with Gasteiger partial charge in [0.2, 0.25) is 11.9 Å². The largest absolute Gasteiger partial charge is 0.307 e. The van der Waals surface area contributed by atoms with Crippen molar-refractivity contribution in [2.24, 2.45) is 11.8 Å². The van der Waals surface area contributed by atoms with Gasteiger partial charge >= 0.3 is 0 Å². The van der Waals surface area contributed by atoms with Crippen molar-refractivity contribution in [1.29, 1.82) is 0 Å². The Morgan fingerprint density at radius 1 is 1.21 bits per heavy atom. The monoisotopic (exact) mass is 327 g/mol. The van der Waals surface area contributed by atoms with Gasteiger partial charge in [-0.05, 0) is 48.8 Å². The van der Waals surface area contributed by atoms with E-state index in [9.17, 15) is 4.79 Å². The Hall–Kier alpha value is -1.84. The van der Waals surface area contributed by atoms with Gasteiger partial charge in [0.15, 0.2) is 0 Å². The van der Waals surface area contributed by atoms with E-state index in [1.54, 1.807) is 0 Å². The predicted octanol–water partition coefficient (Wildman–Crippen LogP) is 5.12. The topological polar surface area (TPSA) is 46.9 Å². The van der Waals surface area contributed by atoms with Crippen molar-refractivity contribution in [3.63, 3.8) is 0 Å². The predicted molar refractivity (Wildman–Crippen MR) is 99.3 cm³/mol. The van der Waals surface area contributed by atoms with Crippen LogP contribution < -0.4 is 5.32 Å². The van der Waals surface area contributed by atoms with Crippen LogP contribution in [0.4, 0.5) is 5.95 Å². The van der Waals surface area contributed by atoms with Gasteiger partial charge in [-0.3, -0.25) is 10.1 Å². The van der Waals surface area contributed by atoms with Gasteiger partial charge in [-0.2, -0.15) is 0 Å². The Kier molecular flexibility index (Phi) is 4.66. The average Bonchev–Trinajstić information content (AvgIpc) is 2.82. The maximum atomic E-state index is 12.5. The minimum Gasteiger partial charge on any atom is -0.307 e. The first-order valence-electron chi connectivity index (χ1n) is 9.21. The lowest BCUT2D eigenvalue weighted by Gasteiger charge is -2.29. The van der Waals surface area contributed by atoms with E-state index in [1.807, 2.05) is 6.92 Å². The minimum atomic E-state index is -0.0223. The zero-order valence-electron chi connectivity index (χ0n) is 15.5. The van der Waals surface area contributed by atoms with Crippen LogP contribution in [0.2, 0.25) is 0 Å². The van der Waals surface area contributed by atoms with E-state index >= 15 is 0 Å². The smallest absolute Gasteiger partial charge is 0.229 e. The van der Waals surface area contributed by atoms with Gasteiger partial charge in [-0.15, -0.1) is 0 Å². The van der Waals surface area contributed by atoms with Crippen LogP contribution in [0, 0.1) is 11.8 Å². The summed E-state index contributed by atoms with van der Waals surface area (Å²) >= 11 is 0. The Morgan fingerprint density at radius 3 is 2.46 bits per heavy atom. The second-order valence-corrected chi connectivity index (χ2v) is 7.81. The number of hydrogen-bond donors (Lipinski definition) is 1. The number of nitrogens with zero attached hydrogens (tertiary/aromatic N) is 2. The van der Waals surface area contributed by atoms with Crippen LogP contribution >= 0.6 is 0 Å². The molecule has 130 valence electrons. The standard InChI is InChI=1S/C20H29N3O/c1-12(2)14(5)19(24)22-20-21-17-10-9-15(13(3)4)11-18(17)23(20)16-7-6-8-16/h9-14,16H,6-8H2,1-5H3,(H,21,22,24)/t14-/m0/s1.